The number of amides is 1. The molecule has 0 unspecified atom stereocenters. The van der Waals surface area contributed by atoms with Crippen molar-refractivity contribution < 1.29 is 33.4 Å². The second-order valence-electron chi connectivity index (χ2n) is 25.7. The fourth-order valence-corrected chi connectivity index (χ4v) is 15.4. The minimum atomic E-state index is -0.481. The molecule has 1 N–H and O–H groups in total. The Hall–Kier alpha value is -6.97. The summed E-state index contributed by atoms with van der Waals surface area (Å²) in [6.45, 7) is 31.3. The van der Waals surface area contributed by atoms with Crippen LogP contribution in [0, 0.1) is 0 Å². The second-order valence-corrected chi connectivity index (χ2v) is 29.7. The summed E-state index contributed by atoms with van der Waals surface area (Å²) in [5.41, 5.74) is 12.1. The Morgan fingerprint density at radius 1 is 0.535 bits per heavy atom. The van der Waals surface area contributed by atoms with Gasteiger partial charge < -0.3 is 39.3 Å². The molecule has 1 aliphatic carbocycles. The predicted octanol–water partition coefficient (Wildman–Crippen LogP) is 16.0. The zero-order chi connectivity index (χ0) is 69.7. The molecule has 0 radical (unpaired) electrons. The van der Waals surface area contributed by atoms with E-state index in [0.717, 1.165) is 243 Å². The third kappa shape index (κ3) is 23.8. The molecular weight excluding hydrogens is 1310 g/mol. The van der Waals surface area contributed by atoms with E-state index in [-0.39, 0.29) is 13.5 Å². The molecule has 4 saturated heterocycles. The molecule has 1 amide bonds. The number of piperazine rings is 4. The van der Waals surface area contributed by atoms with E-state index in [1.165, 1.54) is 16.7 Å². The Morgan fingerprint density at radius 2 is 0.990 bits per heavy atom. The summed E-state index contributed by atoms with van der Waals surface area (Å²) in [6, 6.07) is 41.4. The van der Waals surface area contributed by atoms with Gasteiger partial charge in [-0.2, -0.15) is 0 Å². The number of benzene rings is 6. The van der Waals surface area contributed by atoms with E-state index in [4.69, 9.17) is 9.47 Å². The largest absolute Gasteiger partial charge is 0.494 e. The van der Waals surface area contributed by atoms with Crippen LogP contribution in [-0.2, 0) is 17.7 Å². The minimum Gasteiger partial charge on any atom is -0.494 e. The molecule has 6 aromatic rings. The van der Waals surface area contributed by atoms with E-state index in [9.17, 15) is 24.0 Å². The molecule has 0 bridgehead atoms. The normalized spacial score (nSPS) is 15.5. The monoisotopic (exact) mass is 1420 g/mol. The number of carbonyl (C=O) groups excluding carboxylic acids is 5. The van der Waals surface area contributed by atoms with Crippen LogP contribution >= 0.6 is 47.0 Å². The number of nitrogens with one attached hydrogen (secondary N) is 1. The van der Waals surface area contributed by atoms with Gasteiger partial charge in [0.05, 0.1) is 28.9 Å². The van der Waals surface area contributed by atoms with Gasteiger partial charge in [-0.1, -0.05) is 106 Å². The van der Waals surface area contributed by atoms with Crippen molar-refractivity contribution in [3.63, 3.8) is 0 Å². The Morgan fingerprint density at radius 3 is 1.45 bits per heavy atom. The van der Waals surface area contributed by atoms with Crippen molar-refractivity contribution in [2.75, 3.05) is 161 Å². The first-order chi connectivity index (χ1) is 47.7. The van der Waals surface area contributed by atoms with E-state index < -0.39 is 5.60 Å². The summed E-state index contributed by atoms with van der Waals surface area (Å²) in [5, 5.41) is 3.34. The van der Waals surface area contributed by atoms with Gasteiger partial charge in [0, 0.05) is 154 Å². The number of anilines is 4. The fourth-order valence-electron chi connectivity index (χ4n) is 12.4. The SMILES string of the molecule is C.C=C1C=Cc2ccc(OCCCCN3CCN(c4cccc(SCCC)c4C=O)CC3)cc2C1.CCCSc1cccc(N2CCNCC2)c1C=O.CSc1cccc(N2CCN(C(=O)OC(C)(C)C)CC2)c1C=O.CSc1cccc(N2CCN(Cc3ccccc3)CC2)c1C=O. The summed E-state index contributed by atoms with van der Waals surface area (Å²) in [7, 11) is 0. The molecule has 4 fully saturated rings. The topological polar surface area (TPSA) is 139 Å². The number of carbonyl (C=O) groups is 5. The zero-order valence-corrected chi connectivity index (χ0v) is 62.0. The highest BCUT2D eigenvalue weighted by atomic mass is 32.2. The molecule has 0 aromatic heterocycles. The lowest BCUT2D eigenvalue weighted by molar-refractivity contribution is 0.0240. The molecule has 15 nitrogen and oxygen atoms in total. The molecule has 19 heteroatoms. The van der Waals surface area contributed by atoms with Crippen molar-refractivity contribution in [1.82, 2.24) is 20.0 Å². The van der Waals surface area contributed by atoms with Gasteiger partial charge in [-0.15, -0.1) is 47.0 Å². The van der Waals surface area contributed by atoms with Crippen molar-refractivity contribution in [2.24, 2.45) is 0 Å². The number of nitrogens with zero attached hydrogens (tertiary/aromatic N) is 7. The lowest BCUT2D eigenvalue weighted by Gasteiger charge is -2.37. The first kappa shape index (κ1) is 79.4. The Kier molecular flexibility index (Phi) is 33.4. The van der Waals surface area contributed by atoms with Crippen molar-refractivity contribution >= 4 is 107 Å². The maximum atomic E-state index is 12.1. The molecule has 532 valence electrons. The Bertz CT molecular complexity index is 3560. The molecule has 0 atom stereocenters. The second kappa shape index (κ2) is 41.7. The van der Waals surface area contributed by atoms with Gasteiger partial charge in [-0.25, -0.2) is 4.79 Å². The van der Waals surface area contributed by atoms with Crippen molar-refractivity contribution in [1.29, 1.82) is 0 Å². The average molecular weight is 1420 g/mol. The maximum absolute atomic E-state index is 12.1. The van der Waals surface area contributed by atoms with Gasteiger partial charge in [0.2, 0.25) is 0 Å². The van der Waals surface area contributed by atoms with Crippen LogP contribution in [0.1, 0.15) is 126 Å². The molecule has 4 heterocycles. The van der Waals surface area contributed by atoms with E-state index in [2.05, 4.69) is 158 Å². The number of hydrogen-bond donors (Lipinski definition) is 1. The van der Waals surface area contributed by atoms with Gasteiger partial charge in [0.1, 0.15) is 11.4 Å². The molecule has 5 aliphatic rings. The molecule has 0 spiro atoms. The molecular formula is C80H106N8O7S4. The highest BCUT2D eigenvalue weighted by Gasteiger charge is 2.28. The lowest BCUT2D eigenvalue weighted by Crippen LogP contribution is -2.50. The van der Waals surface area contributed by atoms with Crippen LogP contribution in [0.3, 0.4) is 0 Å². The quantitative estimate of drug-likeness (QED) is 0.0349. The smallest absolute Gasteiger partial charge is 0.410 e. The molecule has 4 aliphatic heterocycles. The van der Waals surface area contributed by atoms with Crippen molar-refractivity contribution in [3.8, 4) is 5.75 Å². The number of unbranched alkanes of at least 4 members (excludes halogenated alkanes) is 1. The number of ether oxygens (including phenoxy) is 2. The zero-order valence-electron chi connectivity index (χ0n) is 58.7. The van der Waals surface area contributed by atoms with E-state index >= 15 is 0 Å². The van der Waals surface area contributed by atoms with Crippen LogP contribution in [0.15, 0.2) is 159 Å². The standard InChI is InChI=1S/C29H36N2O2S.C19H22N2OS.C17H24N2O3S.C14H20N2OS.CH4/c1-3-19-34-29-8-6-7-28(27(29)22-32)31-16-14-30(15-17-31)13-4-5-18-33-26-12-11-24-10-9-23(2)20-25(24)21-26;1-23-19-9-5-8-18(17(19)15-22)21-12-10-20(11-13-21)14-16-6-3-2-4-7-16;1-17(2,3)22-16(21)19-10-8-18(9-11-19)14-6-5-7-15(23-4)13(14)12-20;1-2-10-18-14-5-3-4-13(12(14)11-17)16-8-6-15-7-9-16;/h6-12,21-22H,2-5,13-20H2,1H3;2-9,15H,10-14H2,1H3;5-7,12H,8-11H2,1-4H3;3-5,11,15H,2,6-10H2,1H3;1H4. The third-order valence-corrected chi connectivity index (χ3v) is 21.7. The number of hydrogen-bond acceptors (Lipinski definition) is 18. The van der Waals surface area contributed by atoms with Gasteiger partial charge in [-0.05, 0) is 161 Å². The number of thioether (sulfide) groups is 4. The lowest BCUT2D eigenvalue weighted by atomic mass is 9.94. The first-order valence-electron chi connectivity index (χ1n) is 34.7. The van der Waals surface area contributed by atoms with Crippen LogP contribution < -0.4 is 29.7 Å². The highest BCUT2D eigenvalue weighted by Crippen LogP contribution is 2.35. The van der Waals surface area contributed by atoms with E-state index in [1.807, 2.05) is 63.6 Å². The maximum Gasteiger partial charge on any atom is 0.410 e. The summed E-state index contributed by atoms with van der Waals surface area (Å²) < 4.78 is 11.4. The summed E-state index contributed by atoms with van der Waals surface area (Å²) in [5.74, 6) is 3.06. The predicted molar refractivity (Wildman–Crippen MR) is 420 cm³/mol. The summed E-state index contributed by atoms with van der Waals surface area (Å²) >= 11 is 6.76. The fraction of sp³-hybridized carbons (Fsp3) is 0.438. The first-order valence-corrected chi connectivity index (χ1v) is 39.1. The number of fused-ring (bicyclic) bond motifs is 1. The van der Waals surface area contributed by atoms with Crippen LogP contribution in [-0.4, -0.2) is 193 Å². The van der Waals surface area contributed by atoms with Crippen LogP contribution in [0.25, 0.3) is 6.08 Å². The van der Waals surface area contributed by atoms with Gasteiger partial charge in [-0.3, -0.25) is 29.0 Å². The van der Waals surface area contributed by atoms with Crippen LogP contribution in [0.4, 0.5) is 27.5 Å². The van der Waals surface area contributed by atoms with Crippen molar-refractivity contribution in [2.45, 2.75) is 106 Å². The van der Waals surface area contributed by atoms with Crippen LogP contribution in [0.2, 0.25) is 0 Å². The minimum absolute atomic E-state index is 0. The van der Waals surface area contributed by atoms with Crippen molar-refractivity contribution in [3.05, 3.63) is 178 Å². The summed E-state index contributed by atoms with van der Waals surface area (Å²) in [4.78, 5) is 78.5. The third-order valence-electron chi connectivity index (χ3n) is 17.6. The molecule has 99 heavy (non-hydrogen) atoms. The van der Waals surface area contributed by atoms with E-state index in [0.29, 0.717) is 26.2 Å². The van der Waals surface area contributed by atoms with Gasteiger partial charge in [0.25, 0.3) is 0 Å². The summed E-state index contributed by atoms with van der Waals surface area (Å²) in [6.07, 6.45) is 17.2. The van der Waals surface area contributed by atoms with E-state index in [1.54, 1.807) is 51.9 Å². The van der Waals surface area contributed by atoms with Gasteiger partial charge in [0.15, 0.2) is 25.1 Å². The number of rotatable bonds is 24. The van der Waals surface area contributed by atoms with Gasteiger partial charge >= 0.3 is 6.09 Å². The number of allylic oxidation sites excluding steroid dienone is 2. The number of aldehydes is 4. The molecule has 11 rings (SSSR count). The Balaban J connectivity index is 0.000000190. The molecule has 0 saturated carbocycles. The Labute approximate surface area is 608 Å². The van der Waals surface area contributed by atoms with Crippen LogP contribution in [0.5, 0.6) is 5.75 Å². The highest BCUT2D eigenvalue weighted by molar-refractivity contribution is 7.99. The average Bonchev–Trinajstić information content (AvgIpc) is 0.846. The molecule has 6 aromatic carbocycles.